The number of fused-ring (bicyclic) bond motifs is 1. The van der Waals surface area contributed by atoms with E-state index in [0.29, 0.717) is 5.41 Å². The predicted octanol–water partition coefficient (Wildman–Crippen LogP) is 4.62. The Morgan fingerprint density at radius 3 is 2.72 bits per heavy atom. The lowest BCUT2D eigenvalue weighted by Gasteiger charge is -2.55. The summed E-state index contributed by atoms with van der Waals surface area (Å²) < 4.78 is 0. The van der Waals surface area contributed by atoms with Gasteiger partial charge in [0.05, 0.1) is 10.6 Å². The van der Waals surface area contributed by atoms with E-state index in [-0.39, 0.29) is 10.6 Å². The van der Waals surface area contributed by atoms with Crippen molar-refractivity contribution >= 4 is 28.3 Å². The first-order valence-electron chi connectivity index (χ1n) is 8.84. The summed E-state index contributed by atoms with van der Waals surface area (Å²) in [5, 5.41) is 11.8. The Bertz CT molecular complexity index is 754. The highest BCUT2D eigenvalue weighted by Crippen LogP contribution is 2.58. The molecule has 132 valence electrons. The number of hydrogen-bond acceptors (Lipinski definition) is 4. The van der Waals surface area contributed by atoms with E-state index in [9.17, 15) is 10.1 Å². The molecule has 1 aromatic rings. The SMILES string of the molecule is CC1(C)C2C=C(CN3CCS/C3=N\c3ccc([N+](=O)[O-])cc3)CC1C2. The van der Waals surface area contributed by atoms with Crippen molar-refractivity contribution in [3.8, 4) is 0 Å². The number of nitrogens with zero attached hydrogens (tertiary/aromatic N) is 3. The van der Waals surface area contributed by atoms with E-state index in [1.807, 2.05) is 0 Å². The fourth-order valence-electron chi connectivity index (χ4n) is 4.16. The van der Waals surface area contributed by atoms with Gasteiger partial charge in [-0.3, -0.25) is 10.1 Å². The van der Waals surface area contributed by atoms with Gasteiger partial charge in [0.15, 0.2) is 5.17 Å². The Kier molecular flexibility index (Phi) is 4.10. The molecule has 0 radical (unpaired) electrons. The van der Waals surface area contributed by atoms with Crippen molar-refractivity contribution in [3.05, 3.63) is 46.0 Å². The third-order valence-electron chi connectivity index (χ3n) is 6.03. The van der Waals surface area contributed by atoms with Crippen LogP contribution in [0.25, 0.3) is 0 Å². The summed E-state index contributed by atoms with van der Waals surface area (Å²) in [6.45, 7) is 6.78. The maximum absolute atomic E-state index is 10.8. The average Bonchev–Trinajstić information content (AvgIpc) is 3.02. The standard InChI is InChI=1S/C19H23N3O2S/c1-19(2)14-9-13(10-15(19)11-14)12-21-7-8-25-18(21)20-16-3-5-17(6-4-16)22(23)24/h3-6,9,14-15H,7-8,10-12H2,1-2H3/b20-18-. The van der Waals surface area contributed by atoms with Gasteiger partial charge in [-0.2, -0.15) is 0 Å². The molecule has 1 saturated carbocycles. The normalized spacial score (nSPS) is 28.6. The second-order valence-corrected chi connectivity index (χ2v) is 8.89. The Morgan fingerprint density at radius 2 is 2.12 bits per heavy atom. The second kappa shape index (κ2) is 6.16. The predicted molar refractivity (Wildman–Crippen MR) is 102 cm³/mol. The van der Waals surface area contributed by atoms with Gasteiger partial charge in [0.2, 0.25) is 0 Å². The molecule has 1 saturated heterocycles. The summed E-state index contributed by atoms with van der Waals surface area (Å²) in [4.78, 5) is 17.5. The Balaban J connectivity index is 1.47. The Hall–Kier alpha value is -1.82. The summed E-state index contributed by atoms with van der Waals surface area (Å²) in [6.07, 6.45) is 5.08. The number of amidine groups is 1. The average molecular weight is 357 g/mol. The zero-order valence-electron chi connectivity index (χ0n) is 14.6. The van der Waals surface area contributed by atoms with Crippen molar-refractivity contribution in [2.24, 2.45) is 22.2 Å². The van der Waals surface area contributed by atoms with E-state index in [4.69, 9.17) is 4.99 Å². The molecule has 25 heavy (non-hydrogen) atoms. The van der Waals surface area contributed by atoms with Gasteiger partial charge < -0.3 is 4.90 Å². The third-order valence-corrected chi connectivity index (χ3v) is 7.03. The van der Waals surface area contributed by atoms with Crippen molar-refractivity contribution in [2.45, 2.75) is 26.7 Å². The molecular formula is C19H23N3O2S. The van der Waals surface area contributed by atoms with E-state index in [1.165, 1.54) is 25.0 Å². The monoisotopic (exact) mass is 357 g/mol. The van der Waals surface area contributed by atoms with Gasteiger partial charge >= 0.3 is 0 Å². The zero-order chi connectivity index (χ0) is 17.6. The second-order valence-electron chi connectivity index (χ2n) is 7.83. The van der Waals surface area contributed by atoms with Gasteiger partial charge in [-0.05, 0) is 42.2 Å². The number of nitro groups is 1. The van der Waals surface area contributed by atoms with Gasteiger partial charge in [0.25, 0.3) is 5.69 Å². The van der Waals surface area contributed by atoms with Crippen LogP contribution in [-0.2, 0) is 0 Å². The van der Waals surface area contributed by atoms with Gasteiger partial charge in [-0.15, -0.1) is 0 Å². The molecule has 1 heterocycles. The molecule has 2 fully saturated rings. The summed E-state index contributed by atoms with van der Waals surface area (Å²) in [5.41, 5.74) is 2.93. The molecule has 0 N–H and O–H groups in total. The first-order chi connectivity index (χ1) is 11.9. The number of aliphatic imine (C=N–C) groups is 1. The lowest BCUT2D eigenvalue weighted by atomic mass is 9.50. The Morgan fingerprint density at radius 1 is 1.36 bits per heavy atom. The van der Waals surface area contributed by atoms with Crippen molar-refractivity contribution in [2.75, 3.05) is 18.8 Å². The summed E-state index contributed by atoms with van der Waals surface area (Å²) in [7, 11) is 0. The van der Waals surface area contributed by atoms with Gasteiger partial charge in [-0.1, -0.05) is 37.3 Å². The minimum absolute atomic E-state index is 0.106. The van der Waals surface area contributed by atoms with Crippen LogP contribution in [0, 0.1) is 27.4 Å². The van der Waals surface area contributed by atoms with Crippen LogP contribution in [0.2, 0.25) is 0 Å². The van der Waals surface area contributed by atoms with Crippen molar-refractivity contribution in [1.29, 1.82) is 0 Å². The number of hydrogen-bond donors (Lipinski definition) is 0. The molecule has 4 aliphatic rings. The quantitative estimate of drug-likeness (QED) is 0.448. The molecule has 1 aliphatic heterocycles. The number of thioether (sulfide) groups is 1. The fourth-order valence-corrected chi connectivity index (χ4v) is 5.16. The highest BCUT2D eigenvalue weighted by atomic mass is 32.2. The summed E-state index contributed by atoms with van der Waals surface area (Å²) >= 11 is 1.77. The molecule has 6 heteroatoms. The van der Waals surface area contributed by atoms with Crippen molar-refractivity contribution < 1.29 is 4.92 Å². The molecule has 1 aromatic carbocycles. The topological polar surface area (TPSA) is 58.7 Å². The summed E-state index contributed by atoms with van der Waals surface area (Å²) in [6, 6.07) is 6.48. The van der Waals surface area contributed by atoms with Gasteiger partial charge in [-0.25, -0.2) is 4.99 Å². The molecule has 5 rings (SSSR count). The Labute approximate surface area is 152 Å². The van der Waals surface area contributed by atoms with E-state index in [1.54, 1.807) is 29.5 Å². The number of non-ortho nitro benzene ring substituents is 1. The number of benzene rings is 1. The van der Waals surface area contributed by atoms with E-state index >= 15 is 0 Å². The fraction of sp³-hybridized carbons (Fsp3) is 0.526. The van der Waals surface area contributed by atoms with Gasteiger partial charge in [0.1, 0.15) is 0 Å². The summed E-state index contributed by atoms with van der Waals surface area (Å²) in [5.74, 6) is 2.63. The molecule has 2 atom stereocenters. The number of rotatable bonds is 4. The molecule has 3 aliphatic carbocycles. The minimum Gasteiger partial charge on any atom is -0.346 e. The molecule has 0 spiro atoms. The van der Waals surface area contributed by atoms with Crippen LogP contribution < -0.4 is 0 Å². The van der Waals surface area contributed by atoms with Crippen molar-refractivity contribution in [3.63, 3.8) is 0 Å². The molecule has 0 aromatic heterocycles. The lowest BCUT2D eigenvalue weighted by Crippen LogP contribution is -2.47. The molecule has 0 amide bonds. The van der Waals surface area contributed by atoms with Crippen molar-refractivity contribution in [1.82, 2.24) is 4.90 Å². The maximum atomic E-state index is 10.8. The molecule has 2 unspecified atom stereocenters. The van der Waals surface area contributed by atoms with Crippen LogP contribution in [0.5, 0.6) is 0 Å². The minimum atomic E-state index is -0.379. The van der Waals surface area contributed by atoms with Crippen LogP contribution in [-0.4, -0.2) is 33.8 Å². The number of allylic oxidation sites excluding steroid dienone is 1. The zero-order valence-corrected chi connectivity index (χ0v) is 15.5. The highest BCUT2D eigenvalue weighted by molar-refractivity contribution is 8.14. The molecular weight excluding hydrogens is 334 g/mol. The smallest absolute Gasteiger partial charge is 0.269 e. The van der Waals surface area contributed by atoms with Gasteiger partial charge in [0, 0.05) is 31.0 Å². The van der Waals surface area contributed by atoms with E-state index in [0.717, 1.165) is 41.5 Å². The van der Waals surface area contributed by atoms with Crippen LogP contribution in [0.15, 0.2) is 40.9 Å². The lowest BCUT2D eigenvalue weighted by molar-refractivity contribution is -0.384. The van der Waals surface area contributed by atoms with E-state index in [2.05, 4.69) is 24.8 Å². The first-order valence-corrected chi connectivity index (χ1v) is 9.82. The maximum Gasteiger partial charge on any atom is 0.269 e. The third kappa shape index (κ3) is 3.08. The van der Waals surface area contributed by atoms with Crippen LogP contribution in [0.1, 0.15) is 26.7 Å². The van der Waals surface area contributed by atoms with Crippen LogP contribution in [0.3, 0.4) is 0 Å². The molecule has 2 bridgehead atoms. The van der Waals surface area contributed by atoms with Crippen LogP contribution in [0.4, 0.5) is 11.4 Å². The van der Waals surface area contributed by atoms with Crippen LogP contribution >= 0.6 is 11.8 Å². The van der Waals surface area contributed by atoms with E-state index < -0.39 is 0 Å². The largest absolute Gasteiger partial charge is 0.346 e. The highest BCUT2D eigenvalue weighted by Gasteiger charge is 2.49. The number of nitro benzene ring substituents is 1. The molecule has 5 nitrogen and oxygen atoms in total. The first kappa shape index (κ1) is 16.6.